The molecule has 0 aromatic heterocycles. The van der Waals surface area contributed by atoms with Crippen LogP contribution in [0.3, 0.4) is 0 Å². The molecule has 0 aliphatic heterocycles. The fraction of sp³-hybridized carbons (Fsp3) is 0.417. The van der Waals surface area contributed by atoms with Gasteiger partial charge in [-0.1, -0.05) is 17.7 Å². The summed E-state index contributed by atoms with van der Waals surface area (Å²) in [6.07, 6.45) is 0. The Hall–Kier alpha value is -1.40. The van der Waals surface area contributed by atoms with Gasteiger partial charge in [0.15, 0.2) is 0 Å². The standard InChI is InChI=1S/C12H19N3O2S/c1-8-5-6-10(9(2)7-8)18(16,17)15-12(3,4)11(13)14/h5-7,15H,1-4H3,(H3,13,14). The van der Waals surface area contributed by atoms with Crippen LogP contribution >= 0.6 is 0 Å². The first-order valence-electron chi connectivity index (χ1n) is 5.52. The van der Waals surface area contributed by atoms with Crippen LogP contribution in [0.4, 0.5) is 0 Å². The Kier molecular flexibility index (Phi) is 3.83. The Labute approximate surface area is 108 Å². The summed E-state index contributed by atoms with van der Waals surface area (Å²) in [6.45, 7) is 6.74. The van der Waals surface area contributed by atoms with Crippen molar-refractivity contribution >= 4 is 15.9 Å². The fourth-order valence-corrected chi connectivity index (χ4v) is 3.17. The summed E-state index contributed by atoms with van der Waals surface area (Å²) in [7, 11) is -3.68. The summed E-state index contributed by atoms with van der Waals surface area (Å²) < 4.78 is 26.9. The molecule has 0 saturated heterocycles. The van der Waals surface area contributed by atoms with Gasteiger partial charge in [-0.2, -0.15) is 4.72 Å². The minimum Gasteiger partial charge on any atom is -0.386 e. The molecule has 1 aromatic carbocycles. The van der Waals surface area contributed by atoms with Crippen LogP contribution in [0.15, 0.2) is 23.1 Å². The average molecular weight is 269 g/mol. The Bertz CT molecular complexity index is 577. The topological polar surface area (TPSA) is 96.0 Å². The third-order valence-electron chi connectivity index (χ3n) is 2.68. The molecule has 0 saturated carbocycles. The van der Waals surface area contributed by atoms with E-state index in [-0.39, 0.29) is 10.7 Å². The van der Waals surface area contributed by atoms with Gasteiger partial charge in [-0.3, -0.25) is 5.41 Å². The lowest BCUT2D eigenvalue weighted by Gasteiger charge is -2.24. The molecule has 5 nitrogen and oxygen atoms in total. The molecule has 0 amide bonds. The molecule has 0 heterocycles. The van der Waals surface area contributed by atoms with Crippen molar-refractivity contribution in [1.82, 2.24) is 4.72 Å². The maximum absolute atomic E-state index is 12.2. The van der Waals surface area contributed by atoms with E-state index in [1.54, 1.807) is 39.0 Å². The van der Waals surface area contributed by atoms with Crippen molar-refractivity contribution in [2.24, 2.45) is 5.73 Å². The highest BCUT2D eigenvalue weighted by Crippen LogP contribution is 2.18. The number of aryl methyl sites for hydroxylation is 2. The summed E-state index contributed by atoms with van der Waals surface area (Å²) in [5.41, 5.74) is 5.94. The molecule has 0 unspecified atom stereocenters. The van der Waals surface area contributed by atoms with E-state index in [2.05, 4.69) is 4.72 Å². The third-order valence-corrected chi connectivity index (χ3v) is 4.50. The lowest BCUT2D eigenvalue weighted by Crippen LogP contribution is -2.52. The molecular weight excluding hydrogens is 250 g/mol. The predicted octanol–water partition coefficient (Wildman–Crippen LogP) is 1.30. The van der Waals surface area contributed by atoms with Crippen LogP contribution in [0, 0.1) is 19.3 Å². The zero-order valence-corrected chi connectivity index (χ0v) is 11.9. The van der Waals surface area contributed by atoms with Crippen molar-refractivity contribution in [3.63, 3.8) is 0 Å². The minimum absolute atomic E-state index is 0.211. The summed E-state index contributed by atoms with van der Waals surface area (Å²) in [5, 5.41) is 7.38. The van der Waals surface area contributed by atoms with Gasteiger partial charge < -0.3 is 5.73 Å². The van der Waals surface area contributed by atoms with Crippen molar-refractivity contribution in [2.45, 2.75) is 38.1 Å². The van der Waals surface area contributed by atoms with E-state index in [1.807, 2.05) is 6.92 Å². The van der Waals surface area contributed by atoms with Crippen molar-refractivity contribution < 1.29 is 8.42 Å². The van der Waals surface area contributed by atoms with Gasteiger partial charge in [0.2, 0.25) is 10.0 Å². The molecule has 0 bridgehead atoms. The smallest absolute Gasteiger partial charge is 0.241 e. The highest BCUT2D eigenvalue weighted by Gasteiger charge is 2.29. The van der Waals surface area contributed by atoms with Crippen LogP contribution in [-0.4, -0.2) is 19.8 Å². The molecule has 0 atom stereocenters. The van der Waals surface area contributed by atoms with E-state index in [9.17, 15) is 8.42 Å². The minimum atomic E-state index is -3.68. The normalized spacial score (nSPS) is 12.4. The summed E-state index contributed by atoms with van der Waals surface area (Å²) >= 11 is 0. The van der Waals surface area contributed by atoms with Crippen LogP contribution in [0.2, 0.25) is 0 Å². The maximum atomic E-state index is 12.2. The van der Waals surface area contributed by atoms with Gasteiger partial charge in [-0.25, -0.2) is 8.42 Å². The second-order valence-corrected chi connectivity index (χ2v) is 6.56. The number of nitrogens with one attached hydrogen (secondary N) is 2. The maximum Gasteiger partial charge on any atom is 0.241 e. The number of sulfonamides is 1. The molecule has 0 aliphatic rings. The van der Waals surface area contributed by atoms with Gasteiger partial charge in [-0.15, -0.1) is 0 Å². The van der Waals surface area contributed by atoms with Crippen molar-refractivity contribution in [1.29, 1.82) is 5.41 Å². The monoisotopic (exact) mass is 269 g/mol. The Balaban J connectivity index is 3.19. The Morgan fingerprint density at radius 2 is 1.89 bits per heavy atom. The van der Waals surface area contributed by atoms with Crippen LogP contribution in [0.1, 0.15) is 25.0 Å². The highest BCUT2D eigenvalue weighted by molar-refractivity contribution is 7.89. The van der Waals surface area contributed by atoms with Crippen LogP contribution in [0.25, 0.3) is 0 Å². The van der Waals surface area contributed by atoms with E-state index < -0.39 is 15.6 Å². The summed E-state index contributed by atoms with van der Waals surface area (Å²) in [4.78, 5) is 0.211. The number of hydrogen-bond donors (Lipinski definition) is 3. The molecule has 0 aliphatic carbocycles. The lowest BCUT2D eigenvalue weighted by molar-refractivity contribution is 0.541. The van der Waals surface area contributed by atoms with E-state index in [0.29, 0.717) is 5.56 Å². The number of rotatable bonds is 4. The second-order valence-electron chi connectivity index (χ2n) is 4.91. The SMILES string of the molecule is Cc1ccc(S(=O)(=O)NC(C)(C)C(=N)N)c(C)c1. The van der Waals surface area contributed by atoms with Crippen LogP contribution in [-0.2, 0) is 10.0 Å². The first-order valence-corrected chi connectivity index (χ1v) is 7.00. The van der Waals surface area contributed by atoms with Crippen LogP contribution < -0.4 is 10.5 Å². The molecule has 0 spiro atoms. The third kappa shape index (κ3) is 3.08. The first-order chi connectivity index (χ1) is 8.06. The zero-order valence-electron chi connectivity index (χ0n) is 11.0. The average Bonchev–Trinajstić information content (AvgIpc) is 2.14. The molecule has 0 radical (unpaired) electrons. The molecule has 4 N–H and O–H groups in total. The molecule has 6 heteroatoms. The Morgan fingerprint density at radius 1 is 1.33 bits per heavy atom. The summed E-state index contributed by atoms with van der Waals surface area (Å²) in [6, 6.07) is 5.10. The molecule has 0 fully saturated rings. The van der Waals surface area contributed by atoms with Gasteiger partial charge >= 0.3 is 0 Å². The van der Waals surface area contributed by atoms with Crippen molar-refractivity contribution in [2.75, 3.05) is 0 Å². The molecule has 1 aromatic rings. The second kappa shape index (κ2) is 4.70. The Morgan fingerprint density at radius 3 is 2.33 bits per heavy atom. The van der Waals surface area contributed by atoms with E-state index in [0.717, 1.165) is 5.56 Å². The molecule has 1 rings (SSSR count). The van der Waals surface area contributed by atoms with Gasteiger partial charge in [0, 0.05) is 0 Å². The number of benzene rings is 1. The number of nitrogens with two attached hydrogens (primary N) is 1. The zero-order chi connectivity index (χ0) is 14.1. The quantitative estimate of drug-likeness (QED) is 0.567. The molecule has 100 valence electrons. The van der Waals surface area contributed by atoms with Gasteiger partial charge in [-0.05, 0) is 39.3 Å². The number of amidine groups is 1. The largest absolute Gasteiger partial charge is 0.386 e. The van der Waals surface area contributed by atoms with Gasteiger partial charge in [0.05, 0.1) is 10.4 Å². The molecular formula is C12H19N3O2S. The lowest BCUT2D eigenvalue weighted by atomic mass is 10.1. The number of hydrogen-bond acceptors (Lipinski definition) is 3. The van der Waals surface area contributed by atoms with Crippen molar-refractivity contribution in [3.05, 3.63) is 29.3 Å². The summed E-state index contributed by atoms with van der Waals surface area (Å²) in [5.74, 6) is -0.226. The van der Waals surface area contributed by atoms with Gasteiger partial charge in [0.25, 0.3) is 0 Å². The predicted molar refractivity (Wildman–Crippen MR) is 72.2 cm³/mol. The van der Waals surface area contributed by atoms with Crippen molar-refractivity contribution in [3.8, 4) is 0 Å². The fourth-order valence-electron chi connectivity index (χ4n) is 1.55. The van der Waals surface area contributed by atoms with Crippen LogP contribution in [0.5, 0.6) is 0 Å². The van der Waals surface area contributed by atoms with E-state index in [4.69, 9.17) is 11.1 Å². The van der Waals surface area contributed by atoms with E-state index in [1.165, 1.54) is 0 Å². The van der Waals surface area contributed by atoms with Gasteiger partial charge in [0.1, 0.15) is 5.84 Å². The first kappa shape index (κ1) is 14.7. The molecule has 18 heavy (non-hydrogen) atoms. The highest BCUT2D eigenvalue weighted by atomic mass is 32.2. The van der Waals surface area contributed by atoms with E-state index >= 15 is 0 Å².